The van der Waals surface area contributed by atoms with Gasteiger partial charge in [-0.3, -0.25) is 4.79 Å². The molecule has 2 heteroatoms. The molecule has 4 aliphatic carbocycles. The van der Waals surface area contributed by atoms with Gasteiger partial charge in [-0.2, -0.15) is 0 Å². The molecule has 0 unspecified atom stereocenters. The molecule has 0 bridgehead atoms. The van der Waals surface area contributed by atoms with Crippen LogP contribution in [0.5, 0.6) is 0 Å². The van der Waals surface area contributed by atoms with Crippen molar-refractivity contribution in [2.24, 2.45) is 46.3 Å². The highest BCUT2D eigenvalue weighted by Gasteiger charge is 2.59. The normalized spacial score (nSPS) is 41.6. The van der Waals surface area contributed by atoms with Crippen molar-refractivity contribution < 1.29 is 9.53 Å². The van der Waals surface area contributed by atoms with Gasteiger partial charge in [-0.25, -0.2) is 0 Å². The molecule has 0 aromatic rings. The van der Waals surface area contributed by atoms with Crippen molar-refractivity contribution in [3.63, 3.8) is 0 Å². The van der Waals surface area contributed by atoms with Crippen LogP contribution in [0.2, 0.25) is 0 Å². The molecule has 3 saturated carbocycles. The molecular formula is C31H50O2. The number of carbonyl (C=O) groups excluding carboxylic acids is 1. The third-order valence-electron chi connectivity index (χ3n) is 11.2. The number of ether oxygens (including phenoxy) is 1. The predicted octanol–water partition coefficient (Wildman–Crippen LogP) is 8.52. The number of fused-ring (bicyclic) bond motifs is 5. The van der Waals surface area contributed by atoms with Crippen LogP contribution in [0.4, 0.5) is 0 Å². The second-order valence-electron chi connectivity index (χ2n) is 13.0. The average Bonchev–Trinajstić information content (AvgIpc) is 3.11. The lowest BCUT2D eigenvalue weighted by Gasteiger charge is -2.58. The van der Waals surface area contributed by atoms with Crippen LogP contribution in [0.15, 0.2) is 23.3 Å². The molecule has 0 heterocycles. The van der Waals surface area contributed by atoms with Crippen molar-refractivity contribution >= 4 is 5.97 Å². The fourth-order valence-electron chi connectivity index (χ4n) is 9.30. The van der Waals surface area contributed by atoms with Gasteiger partial charge in [-0.15, -0.1) is 0 Å². The summed E-state index contributed by atoms with van der Waals surface area (Å²) in [7, 11) is 0. The predicted molar refractivity (Wildman–Crippen MR) is 138 cm³/mol. The Bertz CT molecular complexity index is 791. The maximum Gasteiger partial charge on any atom is 0.302 e. The number of allylic oxidation sites excluding steroid dienone is 3. The Morgan fingerprint density at radius 1 is 1.12 bits per heavy atom. The number of carbonyl (C=O) groups is 1. The van der Waals surface area contributed by atoms with E-state index < -0.39 is 0 Å². The molecular weight excluding hydrogens is 404 g/mol. The van der Waals surface area contributed by atoms with Gasteiger partial charge >= 0.3 is 5.97 Å². The Hall–Kier alpha value is -1.05. The van der Waals surface area contributed by atoms with Gasteiger partial charge in [-0.05, 0) is 111 Å². The first-order valence-electron chi connectivity index (χ1n) is 14.1. The van der Waals surface area contributed by atoms with E-state index in [0.717, 1.165) is 42.4 Å². The summed E-state index contributed by atoms with van der Waals surface area (Å²) >= 11 is 0. The van der Waals surface area contributed by atoms with Gasteiger partial charge in [0.25, 0.3) is 0 Å². The zero-order valence-electron chi connectivity index (χ0n) is 22.6. The van der Waals surface area contributed by atoms with E-state index in [2.05, 4.69) is 53.7 Å². The molecule has 0 aliphatic heterocycles. The number of esters is 1. The van der Waals surface area contributed by atoms with Crippen molar-refractivity contribution in [2.75, 3.05) is 0 Å². The molecule has 0 spiro atoms. The first-order valence-corrected chi connectivity index (χ1v) is 14.1. The summed E-state index contributed by atoms with van der Waals surface area (Å²) in [5.41, 5.74) is 4.13. The van der Waals surface area contributed by atoms with E-state index >= 15 is 0 Å². The van der Waals surface area contributed by atoms with E-state index in [0.29, 0.717) is 16.7 Å². The number of rotatable bonds is 6. The summed E-state index contributed by atoms with van der Waals surface area (Å²) < 4.78 is 5.63. The van der Waals surface area contributed by atoms with Crippen LogP contribution < -0.4 is 0 Å². The van der Waals surface area contributed by atoms with Crippen LogP contribution in [0.3, 0.4) is 0 Å². The van der Waals surface area contributed by atoms with Crippen LogP contribution >= 0.6 is 0 Å². The topological polar surface area (TPSA) is 26.3 Å². The monoisotopic (exact) mass is 454 g/mol. The summed E-state index contributed by atoms with van der Waals surface area (Å²) in [4.78, 5) is 11.5. The molecule has 8 atom stereocenters. The molecule has 2 nitrogen and oxygen atoms in total. The first kappa shape index (κ1) is 25.1. The lowest BCUT2D eigenvalue weighted by molar-refractivity contribution is -0.148. The highest BCUT2D eigenvalue weighted by Crippen LogP contribution is 2.67. The van der Waals surface area contributed by atoms with E-state index in [1.54, 1.807) is 18.1 Å². The largest absolute Gasteiger partial charge is 0.462 e. The second kappa shape index (κ2) is 9.54. The van der Waals surface area contributed by atoms with Gasteiger partial charge in [-0.1, -0.05) is 57.9 Å². The molecule has 4 aliphatic rings. The summed E-state index contributed by atoms with van der Waals surface area (Å²) in [5, 5.41) is 0. The molecule has 4 rings (SSSR count). The molecule has 0 aromatic carbocycles. The Balaban J connectivity index is 1.47. The molecule has 0 N–H and O–H groups in total. The molecule has 186 valence electrons. The maximum absolute atomic E-state index is 11.5. The lowest BCUT2D eigenvalue weighted by atomic mass is 9.47. The van der Waals surface area contributed by atoms with Gasteiger partial charge in [0.1, 0.15) is 6.10 Å². The van der Waals surface area contributed by atoms with Crippen molar-refractivity contribution in [3.05, 3.63) is 23.3 Å². The van der Waals surface area contributed by atoms with E-state index in [1.807, 2.05) is 0 Å². The van der Waals surface area contributed by atoms with Crippen LogP contribution in [0.25, 0.3) is 0 Å². The molecule has 0 radical (unpaired) electrons. The SMILES string of the molecule is C/C=C(\CC[C@H](C)[C@H]1CC[C@H]2[C@@H]3CC=C4C[C@H](OC(C)=O)CC[C@]4(C)[C@H]3CC[C@]12C)C(C)C. The Morgan fingerprint density at radius 2 is 1.88 bits per heavy atom. The van der Waals surface area contributed by atoms with E-state index in [9.17, 15) is 4.79 Å². The van der Waals surface area contributed by atoms with E-state index in [4.69, 9.17) is 4.74 Å². The maximum atomic E-state index is 11.5. The molecule has 0 saturated heterocycles. The summed E-state index contributed by atoms with van der Waals surface area (Å²) in [6.45, 7) is 16.3. The molecule has 33 heavy (non-hydrogen) atoms. The van der Waals surface area contributed by atoms with Gasteiger partial charge < -0.3 is 4.74 Å². The first-order chi connectivity index (χ1) is 15.6. The molecule has 3 fully saturated rings. The van der Waals surface area contributed by atoms with Crippen molar-refractivity contribution in [1.29, 1.82) is 0 Å². The standard InChI is InChI=1S/C31H50O2/c1-8-23(20(2)3)10-9-21(4)27-13-14-28-26-12-11-24-19-25(33-22(5)32)15-17-30(24,6)29(26)16-18-31(27,28)7/h8,11,20-21,25-29H,9-10,12-19H2,1-7H3/b23-8+/t21-,25+,26-,27+,28-,29-,30-,31+/m0/s1. The zero-order chi connectivity index (χ0) is 24.0. The van der Waals surface area contributed by atoms with E-state index in [-0.39, 0.29) is 12.1 Å². The third-order valence-corrected chi connectivity index (χ3v) is 11.2. The highest BCUT2D eigenvalue weighted by atomic mass is 16.5. The lowest BCUT2D eigenvalue weighted by Crippen LogP contribution is -2.51. The minimum absolute atomic E-state index is 0.108. The van der Waals surface area contributed by atoms with Crippen LogP contribution in [-0.4, -0.2) is 12.1 Å². The van der Waals surface area contributed by atoms with Crippen molar-refractivity contribution in [1.82, 2.24) is 0 Å². The van der Waals surface area contributed by atoms with Gasteiger partial charge in [0.2, 0.25) is 0 Å². The smallest absolute Gasteiger partial charge is 0.302 e. The minimum Gasteiger partial charge on any atom is -0.462 e. The Morgan fingerprint density at radius 3 is 2.55 bits per heavy atom. The van der Waals surface area contributed by atoms with Crippen molar-refractivity contribution in [3.8, 4) is 0 Å². The fraction of sp³-hybridized carbons (Fsp3) is 0.839. The number of hydrogen-bond acceptors (Lipinski definition) is 2. The zero-order valence-corrected chi connectivity index (χ0v) is 22.6. The van der Waals surface area contributed by atoms with Crippen LogP contribution in [0.1, 0.15) is 113 Å². The summed E-state index contributed by atoms with van der Waals surface area (Å²) in [6.07, 6.45) is 17.9. The Labute approximate surface area is 204 Å². The molecule has 0 amide bonds. The quantitative estimate of drug-likeness (QED) is 0.297. The number of hydrogen-bond donors (Lipinski definition) is 0. The highest BCUT2D eigenvalue weighted by molar-refractivity contribution is 5.66. The van der Waals surface area contributed by atoms with Crippen LogP contribution in [0, 0.1) is 46.3 Å². The van der Waals surface area contributed by atoms with E-state index in [1.165, 1.54) is 51.4 Å². The van der Waals surface area contributed by atoms with Gasteiger partial charge in [0.05, 0.1) is 0 Å². The van der Waals surface area contributed by atoms with Crippen molar-refractivity contribution in [2.45, 2.75) is 119 Å². The average molecular weight is 455 g/mol. The summed E-state index contributed by atoms with van der Waals surface area (Å²) in [6, 6.07) is 0. The second-order valence-corrected chi connectivity index (χ2v) is 13.0. The minimum atomic E-state index is -0.118. The molecule has 0 aromatic heterocycles. The third kappa shape index (κ3) is 4.50. The summed E-state index contributed by atoms with van der Waals surface area (Å²) in [5.74, 6) is 4.88. The fourth-order valence-corrected chi connectivity index (χ4v) is 9.30. The van der Waals surface area contributed by atoms with Crippen LogP contribution in [-0.2, 0) is 9.53 Å². The Kier molecular flexibility index (Phi) is 7.24. The van der Waals surface area contributed by atoms with Gasteiger partial charge in [0, 0.05) is 13.3 Å². The van der Waals surface area contributed by atoms with Gasteiger partial charge in [0.15, 0.2) is 0 Å².